The van der Waals surface area contributed by atoms with Gasteiger partial charge in [0.25, 0.3) is 0 Å². The van der Waals surface area contributed by atoms with Gasteiger partial charge in [0.05, 0.1) is 23.9 Å². The van der Waals surface area contributed by atoms with E-state index in [0.29, 0.717) is 0 Å². The molecule has 0 radical (unpaired) electrons. The van der Waals surface area contributed by atoms with E-state index in [0.717, 1.165) is 31.7 Å². The second-order valence-electron chi connectivity index (χ2n) is 4.34. The van der Waals surface area contributed by atoms with Crippen LogP contribution in [-0.2, 0) is 24.1 Å². The zero-order valence-corrected chi connectivity index (χ0v) is 12.3. The summed E-state index contributed by atoms with van der Waals surface area (Å²) >= 11 is 1.73. The van der Waals surface area contributed by atoms with E-state index in [-0.39, 0.29) is 0 Å². The fourth-order valence-electron chi connectivity index (χ4n) is 1.90. The van der Waals surface area contributed by atoms with E-state index >= 15 is 0 Å². The maximum absolute atomic E-state index is 5.14. The first kappa shape index (κ1) is 14.0. The third-order valence-corrected chi connectivity index (χ3v) is 4.00. The number of methoxy groups -OCH3 is 1. The summed E-state index contributed by atoms with van der Waals surface area (Å²) in [6.07, 6.45) is 1.94. The van der Waals surface area contributed by atoms with Crippen LogP contribution in [0, 0.1) is 0 Å². The molecule has 2 aromatic rings. The van der Waals surface area contributed by atoms with Crippen LogP contribution in [0.5, 0.6) is 0 Å². The van der Waals surface area contributed by atoms with E-state index in [9.17, 15) is 0 Å². The third-order valence-electron chi connectivity index (χ3n) is 2.95. The number of aromatic nitrogens is 1. The molecule has 0 spiro atoms. The van der Waals surface area contributed by atoms with Crippen molar-refractivity contribution in [2.24, 2.45) is 0 Å². The van der Waals surface area contributed by atoms with Crippen LogP contribution in [0.15, 0.2) is 29.6 Å². The summed E-state index contributed by atoms with van der Waals surface area (Å²) in [5, 5.41) is 6.79. The Labute approximate surface area is 118 Å². The summed E-state index contributed by atoms with van der Waals surface area (Å²) in [6, 6.07) is 8.36. The van der Waals surface area contributed by atoms with Crippen LogP contribution in [0.2, 0.25) is 0 Å². The Morgan fingerprint density at radius 2 is 2.16 bits per heavy atom. The summed E-state index contributed by atoms with van der Waals surface area (Å²) in [7, 11) is 1.73. The Balaban J connectivity index is 1.98. The van der Waals surface area contributed by atoms with Crippen molar-refractivity contribution >= 4 is 17.0 Å². The topological polar surface area (TPSA) is 34.2 Å². The Hall–Kier alpha value is -1.39. The van der Waals surface area contributed by atoms with Crippen LogP contribution in [0.3, 0.4) is 0 Å². The van der Waals surface area contributed by atoms with Gasteiger partial charge in [-0.25, -0.2) is 4.98 Å². The maximum atomic E-state index is 5.14. The molecule has 1 N–H and O–H groups in total. The molecule has 0 aliphatic heterocycles. The molecule has 0 fully saturated rings. The second kappa shape index (κ2) is 7.26. The molecular formula is C15H20N2OS. The molecule has 1 heterocycles. The van der Waals surface area contributed by atoms with Crippen LogP contribution in [0.25, 0.3) is 0 Å². The zero-order chi connectivity index (χ0) is 13.5. The highest BCUT2D eigenvalue weighted by atomic mass is 32.1. The minimum absolute atomic E-state index is 0.745. The fourth-order valence-corrected chi connectivity index (χ4v) is 2.65. The maximum Gasteiger partial charge on any atom is 0.0926 e. The largest absolute Gasteiger partial charge is 0.384 e. The fraction of sp³-hybridized carbons (Fsp3) is 0.400. The van der Waals surface area contributed by atoms with E-state index in [1.807, 2.05) is 0 Å². The molecule has 0 saturated carbocycles. The molecule has 1 aromatic carbocycles. The van der Waals surface area contributed by atoms with Gasteiger partial charge in [-0.3, -0.25) is 0 Å². The van der Waals surface area contributed by atoms with Crippen molar-refractivity contribution in [1.29, 1.82) is 0 Å². The first-order valence-electron chi connectivity index (χ1n) is 6.57. The lowest BCUT2D eigenvalue weighted by atomic mass is 10.1. The minimum atomic E-state index is 0.745. The number of nitrogens with one attached hydrogen (secondary N) is 1. The summed E-state index contributed by atoms with van der Waals surface area (Å²) in [5.41, 5.74) is 3.57. The Bertz CT molecular complexity index is 510. The monoisotopic (exact) mass is 276 g/mol. The molecule has 0 atom stereocenters. The van der Waals surface area contributed by atoms with Gasteiger partial charge in [0.15, 0.2) is 0 Å². The first-order chi connectivity index (χ1) is 9.33. The van der Waals surface area contributed by atoms with Gasteiger partial charge in [0.1, 0.15) is 0 Å². The van der Waals surface area contributed by atoms with Gasteiger partial charge in [-0.05, 0) is 24.5 Å². The molecule has 0 aliphatic rings. The average molecular weight is 276 g/mol. The van der Waals surface area contributed by atoms with E-state index in [1.54, 1.807) is 18.4 Å². The van der Waals surface area contributed by atoms with Crippen LogP contribution in [0.1, 0.15) is 23.2 Å². The van der Waals surface area contributed by atoms with Gasteiger partial charge >= 0.3 is 0 Å². The second-order valence-corrected chi connectivity index (χ2v) is 5.28. The number of nitrogens with zero attached hydrogens (tertiary/aromatic N) is 1. The standard InChI is InChI=1S/C15H20N2OS/c1-3-15-17-13(11-19-15)10-16-14-7-5-4-6-12(14)8-9-18-2/h4-7,11,16H,3,8-10H2,1-2H3. The van der Waals surface area contributed by atoms with Gasteiger partial charge in [-0.15, -0.1) is 11.3 Å². The predicted molar refractivity (Wildman–Crippen MR) is 80.8 cm³/mol. The lowest BCUT2D eigenvalue weighted by Crippen LogP contribution is -2.04. The zero-order valence-electron chi connectivity index (χ0n) is 11.5. The summed E-state index contributed by atoms with van der Waals surface area (Å²) in [6.45, 7) is 3.66. The van der Waals surface area contributed by atoms with Crippen molar-refractivity contribution in [1.82, 2.24) is 4.98 Å². The van der Waals surface area contributed by atoms with Crippen LogP contribution in [-0.4, -0.2) is 18.7 Å². The van der Waals surface area contributed by atoms with Crippen molar-refractivity contribution < 1.29 is 4.74 Å². The molecule has 1 aromatic heterocycles. The predicted octanol–water partition coefficient (Wildman–Crippen LogP) is 3.51. The highest BCUT2D eigenvalue weighted by molar-refractivity contribution is 7.09. The molecule has 19 heavy (non-hydrogen) atoms. The highest BCUT2D eigenvalue weighted by Crippen LogP contribution is 2.17. The molecule has 0 amide bonds. The number of benzene rings is 1. The number of hydrogen-bond acceptors (Lipinski definition) is 4. The first-order valence-corrected chi connectivity index (χ1v) is 7.45. The molecule has 0 saturated heterocycles. The number of para-hydroxylation sites is 1. The molecule has 0 aliphatic carbocycles. The SMILES string of the molecule is CCc1nc(CNc2ccccc2CCOC)cs1. The van der Waals surface area contributed by atoms with Gasteiger partial charge in [0.2, 0.25) is 0 Å². The smallest absolute Gasteiger partial charge is 0.0926 e. The summed E-state index contributed by atoms with van der Waals surface area (Å²) < 4.78 is 5.14. The number of aryl methyl sites for hydroxylation is 1. The molecule has 0 bridgehead atoms. The Morgan fingerprint density at radius 3 is 2.89 bits per heavy atom. The summed E-state index contributed by atoms with van der Waals surface area (Å²) in [5.74, 6) is 0. The molecule has 3 nitrogen and oxygen atoms in total. The number of thiazole rings is 1. The van der Waals surface area contributed by atoms with E-state index in [1.165, 1.54) is 16.3 Å². The van der Waals surface area contributed by atoms with Crippen molar-refractivity contribution in [3.63, 3.8) is 0 Å². The lowest BCUT2D eigenvalue weighted by molar-refractivity contribution is 0.202. The third kappa shape index (κ3) is 4.04. The van der Waals surface area contributed by atoms with Crippen LogP contribution >= 0.6 is 11.3 Å². The van der Waals surface area contributed by atoms with Crippen LogP contribution < -0.4 is 5.32 Å². The molecule has 4 heteroatoms. The van der Waals surface area contributed by atoms with Gasteiger partial charge in [-0.2, -0.15) is 0 Å². The quantitative estimate of drug-likeness (QED) is 0.840. The van der Waals surface area contributed by atoms with Crippen molar-refractivity contribution in [3.05, 3.63) is 45.9 Å². The summed E-state index contributed by atoms with van der Waals surface area (Å²) in [4.78, 5) is 4.57. The highest BCUT2D eigenvalue weighted by Gasteiger charge is 2.03. The van der Waals surface area contributed by atoms with Crippen molar-refractivity contribution in [2.75, 3.05) is 19.0 Å². The molecule has 0 unspecified atom stereocenters. The van der Waals surface area contributed by atoms with Crippen molar-refractivity contribution in [2.45, 2.75) is 26.3 Å². The normalized spacial score (nSPS) is 10.6. The van der Waals surface area contributed by atoms with Gasteiger partial charge in [0, 0.05) is 18.2 Å². The number of hydrogen-bond donors (Lipinski definition) is 1. The average Bonchev–Trinajstić information content (AvgIpc) is 2.91. The molecular weight excluding hydrogens is 256 g/mol. The number of anilines is 1. The van der Waals surface area contributed by atoms with Gasteiger partial charge < -0.3 is 10.1 Å². The number of ether oxygens (including phenoxy) is 1. The molecule has 102 valence electrons. The van der Waals surface area contributed by atoms with Gasteiger partial charge in [-0.1, -0.05) is 25.1 Å². The molecule has 2 rings (SSSR count). The number of rotatable bonds is 7. The van der Waals surface area contributed by atoms with E-state index in [4.69, 9.17) is 4.74 Å². The Kier molecular flexibility index (Phi) is 5.36. The van der Waals surface area contributed by atoms with E-state index in [2.05, 4.69) is 46.9 Å². The minimum Gasteiger partial charge on any atom is -0.384 e. The van der Waals surface area contributed by atoms with Crippen molar-refractivity contribution in [3.8, 4) is 0 Å². The van der Waals surface area contributed by atoms with Crippen LogP contribution in [0.4, 0.5) is 5.69 Å². The van der Waals surface area contributed by atoms with E-state index < -0.39 is 0 Å². The lowest BCUT2D eigenvalue weighted by Gasteiger charge is -2.10. The Morgan fingerprint density at radius 1 is 1.32 bits per heavy atom.